The lowest BCUT2D eigenvalue weighted by atomic mass is 10.2. The summed E-state index contributed by atoms with van der Waals surface area (Å²) in [5, 5.41) is 19.0. The molecule has 0 aromatic heterocycles. The topological polar surface area (TPSA) is 120 Å². The molecule has 0 aliphatic carbocycles. The van der Waals surface area contributed by atoms with E-state index in [4.69, 9.17) is 25.7 Å². The lowest BCUT2D eigenvalue weighted by molar-refractivity contribution is 0.459. The highest BCUT2D eigenvalue weighted by atomic mass is 16.5. The Balaban J connectivity index is 1.37. The summed E-state index contributed by atoms with van der Waals surface area (Å²) < 4.78 is 17.3. The van der Waals surface area contributed by atoms with Gasteiger partial charge in [-0.1, -0.05) is 0 Å². The number of anilines is 2. The molecule has 7 heteroatoms. The number of hydrogen-bond donors (Lipinski definition) is 4. The maximum atomic E-state index is 9.48. The summed E-state index contributed by atoms with van der Waals surface area (Å²) in [7, 11) is 0. The van der Waals surface area contributed by atoms with Crippen LogP contribution in [-0.4, -0.2) is 10.2 Å². The quantitative estimate of drug-likeness (QED) is 0.237. The Morgan fingerprint density at radius 1 is 0.419 bits per heavy atom. The maximum Gasteiger partial charge on any atom is 0.138 e. The van der Waals surface area contributed by atoms with Gasteiger partial charge in [-0.25, -0.2) is 0 Å². The summed E-state index contributed by atoms with van der Waals surface area (Å²) in [4.78, 5) is 0. The molecule has 4 aromatic rings. The number of benzene rings is 4. The number of hydrogen-bond acceptors (Lipinski definition) is 7. The van der Waals surface area contributed by atoms with Crippen LogP contribution in [0.25, 0.3) is 0 Å². The van der Waals surface area contributed by atoms with E-state index in [9.17, 15) is 10.2 Å². The van der Waals surface area contributed by atoms with Gasteiger partial charge in [-0.2, -0.15) is 0 Å². The van der Waals surface area contributed by atoms with Crippen molar-refractivity contribution < 1.29 is 24.4 Å². The highest BCUT2D eigenvalue weighted by Crippen LogP contribution is 2.32. The first-order valence-corrected chi connectivity index (χ1v) is 9.37. The molecule has 0 radical (unpaired) electrons. The van der Waals surface area contributed by atoms with Gasteiger partial charge in [-0.05, 0) is 72.8 Å². The van der Waals surface area contributed by atoms with Gasteiger partial charge in [0.15, 0.2) is 0 Å². The van der Waals surface area contributed by atoms with Gasteiger partial charge < -0.3 is 35.9 Å². The van der Waals surface area contributed by atoms with Gasteiger partial charge in [0.05, 0.1) is 11.4 Å². The van der Waals surface area contributed by atoms with Gasteiger partial charge in [0.2, 0.25) is 0 Å². The maximum absolute atomic E-state index is 9.48. The van der Waals surface area contributed by atoms with E-state index in [0.29, 0.717) is 34.5 Å². The van der Waals surface area contributed by atoms with Gasteiger partial charge >= 0.3 is 0 Å². The van der Waals surface area contributed by atoms with Crippen LogP contribution in [0.4, 0.5) is 11.4 Å². The predicted octanol–water partition coefficient (Wildman–Crippen LogP) is 5.64. The molecule has 0 aliphatic rings. The summed E-state index contributed by atoms with van der Waals surface area (Å²) in [6.45, 7) is 0. The van der Waals surface area contributed by atoms with E-state index in [0.717, 1.165) is 0 Å². The summed E-state index contributed by atoms with van der Waals surface area (Å²) in [5.41, 5.74) is 11.8. The molecule has 0 unspecified atom stereocenters. The molecule has 4 rings (SSSR count). The summed E-state index contributed by atoms with van der Waals surface area (Å²) in [6.07, 6.45) is 0. The zero-order chi connectivity index (χ0) is 21.8. The molecule has 0 bridgehead atoms. The summed E-state index contributed by atoms with van der Waals surface area (Å²) >= 11 is 0. The smallest absolute Gasteiger partial charge is 0.138 e. The fourth-order valence-electron chi connectivity index (χ4n) is 2.75. The number of phenols is 2. The van der Waals surface area contributed by atoms with Gasteiger partial charge in [-0.15, -0.1) is 0 Å². The number of rotatable bonds is 6. The molecule has 31 heavy (non-hydrogen) atoms. The van der Waals surface area contributed by atoms with E-state index in [2.05, 4.69) is 0 Å². The fourth-order valence-corrected chi connectivity index (χ4v) is 2.75. The molecule has 4 aromatic carbocycles. The van der Waals surface area contributed by atoms with Gasteiger partial charge in [0.25, 0.3) is 0 Å². The molecule has 0 amide bonds. The second-order valence-corrected chi connectivity index (χ2v) is 6.69. The fraction of sp³-hybridized carbons (Fsp3) is 0. The minimum absolute atomic E-state index is 0.0136. The van der Waals surface area contributed by atoms with Gasteiger partial charge in [0.1, 0.15) is 46.0 Å². The van der Waals surface area contributed by atoms with E-state index >= 15 is 0 Å². The van der Waals surface area contributed by atoms with Crippen molar-refractivity contribution in [2.75, 3.05) is 11.5 Å². The first-order valence-electron chi connectivity index (χ1n) is 9.37. The van der Waals surface area contributed by atoms with Crippen molar-refractivity contribution in [2.45, 2.75) is 0 Å². The molecule has 0 saturated heterocycles. The summed E-state index contributed by atoms with van der Waals surface area (Å²) in [5.74, 6) is 3.56. The highest BCUT2D eigenvalue weighted by Gasteiger charge is 2.05. The zero-order valence-corrected chi connectivity index (χ0v) is 16.4. The van der Waals surface area contributed by atoms with Crippen LogP contribution in [0.3, 0.4) is 0 Å². The van der Waals surface area contributed by atoms with Crippen molar-refractivity contribution in [3.8, 4) is 46.0 Å². The molecule has 0 fully saturated rings. The normalized spacial score (nSPS) is 10.5. The van der Waals surface area contributed by atoms with Gasteiger partial charge in [0, 0.05) is 12.1 Å². The van der Waals surface area contributed by atoms with Crippen molar-refractivity contribution in [1.29, 1.82) is 0 Å². The van der Waals surface area contributed by atoms with E-state index in [1.165, 1.54) is 12.1 Å². The number of aromatic hydroxyl groups is 2. The Morgan fingerprint density at radius 2 is 0.677 bits per heavy atom. The Hall–Kier alpha value is -4.52. The standard InChI is InChI=1S/C24H20N2O5/c25-21-13-19(9-11-23(21)27)30-17-5-1-15(2-6-17)29-16-3-7-18(8-4-16)31-20-10-12-24(28)22(26)14-20/h1-14,27-28H,25-26H2. The van der Waals surface area contributed by atoms with Crippen LogP contribution in [0.2, 0.25) is 0 Å². The molecule has 0 heterocycles. The Labute approximate surface area is 178 Å². The van der Waals surface area contributed by atoms with E-state index < -0.39 is 0 Å². The SMILES string of the molecule is Nc1cc(Oc2ccc(Oc3ccc(Oc4ccc(O)c(N)c4)cc3)cc2)ccc1O. The average molecular weight is 416 g/mol. The monoisotopic (exact) mass is 416 g/mol. The first kappa shape index (κ1) is 19.8. The Bertz CT molecular complexity index is 1100. The third-order valence-electron chi connectivity index (χ3n) is 4.35. The Kier molecular flexibility index (Phi) is 5.40. The van der Waals surface area contributed by atoms with Gasteiger partial charge in [-0.3, -0.25) is 0 Å². The lowest BCUT2D eigenvalue weighted by Crippen LogP contribution is -1.90. The second kappa shape index (κ2) is 8.46. The van der Waals surface area contributed by atoms with Crippen molar-refractivity contribution in [3.63, 3.8) is 0 Å². The van der Waals surface area contributed by atoms with Crippen LogP contribution in [0.5, 0.6) is 46.0 Å². The number of nitrogens with two attached hydrogens (primary N) is 2. The molecule has 7 nitrogen and oxygen atoms in total. The van der Waals surface area contributed by atoms with Crippen LogP contribution in [-0.2, 0) is 0 Å². The van der Waals surface area contributed by atoms with Crippen molar-refractivity contribution in [2.24, 2.45) is 0 Å². The second-order valence-electron chi connectivity index (χ2n) is 6.69. The largest absolute Gasteiger partial charge is 0.506 e. The van der Waals surface area contributed by atoms with Crippen LogP contribution >= 0.6 is 0 Å². The molecular weight excluding hydrogens is 396 g/mol. The minimum atomic E-state index is 0.0136. The lowest BCUT2D eigenvalue weighted by Gasteiger charge is -2.10. The van der Waals surface area contributed by atoms with E-state index in [1.54, 1.807) is 72.8 Å². The predicted molar refractivity (Wildman–Crippen MR) is 118 cm³/mol. The Morgan fingerprint density at radius 3 is 0.968 bits per heavy atom. The highest BCUT2D eigenvalue weighted by molar-refractivity contribution is 5.56. The van der Waals surface area contributed by atoms with Crippen LogP contribution < -0.4 is 25.7 Å². The molecule has 0 saturated carbocycles. The van der Waals surface area contributed by atoms with Crippen LogP contribution in [0, 0.1) is 0 Å². The van der Waals surface area contributed by atoms with Crippen LogP contribution in [0.15, 0.2) is 84.9 Å². The van der Waals surface area contributed by atoms with E-state index in [-0.39, 0.29) is 22.9 Å². The molecule has 0 spiro atoms. The van der Waals surface area contributed by atoms with Crippen molar-refractivity contribution >= 4 is 11.4 Å². The van der Waals surface area contributed by atoms with Crippen molar-refractivity contribution in [3.05, 3.63) is 84.9 Å². The third kappa shape index (κ3) is 4.91. The number of ether oxygens (including phenoxy) is 3. The summed E-state index contributed by atoms with van der Waals surface area (Å²) in [6, 6.07) is 23.5. The average Bonchev–Trinajstić information content (AvgIpc) is 2.76. The minimum Gasteiger partial charge on any atom is -0.506 e. The molecule has 6 N–H and O–H groups in total. The first-order chi connectivity index (χ1) is 15.0. The third-order valence-corrected chi connectivity index (χ3v) is 4.35. The molecule has 0 atom stereocenters. The number of nitrogen functional groups attached to an aromatic ring is 2. The molecular formula is C24H20N2O5. The van der Waals surface area contributed by atoms with Crippen LogP contribution in [0.1, 0.15) is 0 Å². The molecule has 0 aliphatic heterocycles. The zero-order valence-electron chi connectivity index (χ0n) is 16.4. The number of phenolic OH excluding ortho intramolecular Hbond substituents is 2. The van der Waals surface area contributed by atoms with Crippen molar-refractivity contribution in [1.82, 2.24) is 0 Å². The molecule has 156 valence electrons. The van der Waals surface area contributed by atoms with E-state index in [1.807, 2.05) is 0 Å².